The molecule has 6 heteroatoms. The zero-order valence-electron chi connectivity index (χ0n) is 12.1. The molecular formula is C15H18N4O2. The predicted molar refractivity (Wildman–Crippen MR) is 82.9 cm³/mol. The Bertz CT molecular complexity index is 584. The highest BCUT2D eigenvalue weighted by Crippen LogP contribution is 2.26. The lowest BCUT2D eigenvalue weighted by Gasteiger charge is -2.26. The second-order valence-electron chi connectivity index (χ2n) is 4.93. The molecule has 0 aliphatic carbocycles. The maximum absolute atomic E-state index is 10.7. The number of benzene rings is 1. The summed E-state index contributed by atoms with van der Waals surface area (Å²) in [7, 11) is 4.03. The van der Waals surface area contributed by atoms with Crippen LogP contribution in [0.4, 0.5) is 17.1 Å². The summed E-state index contributed by atoms with van der Waals surface area (Å²) in [4.78, 5) is 18.6. The Kier molecular flexibility index (Phi) is 4.84. The average Bonchev–Trinajstić information content (AvgIpc) is 2.49. The van der Waals surface area contributed by atoms with Crippen LogP contribution in [-0.2, 0) is 0 Å². The van der Waals surface area contributed by atoms with Crippen molar-refractivity contribution < 1.29 is 4.92 Å². The Labute approximate surface area is 123 Å². The summed E-state index contributed by atoms with van der Waals surface area (Å²) >= 11 is 0. The van der Waals surface area contributed by atoms with Gasteiger partial charge in [-0.2, -0.15) is 0 Å². The van der Waals surface area contributed by atoms with Gasteiger partial charge in [-0.05, 0) is 38.4 Å². The van der Waals surface area contributed by atoms with Crippen LogP contribution in [0.1, 0.15) is 0 Å². The molecule has 110 valence electrons. The van der Waals surface area contributed by atoms with E-state index in [4.69, 9.17) is 0 Å². The van der Waals surface area contributed by atoms with E-state index in [1.807, 2.05) is 26.2 Å². The van der Waals surface area contributed by atoms with Crippen molar-refractivity contribution in [1.82, 2.24) is 9.88 Å². The topological polar surface area (TPSA) is 62.5 Å². The van der Waals surface area contributed by atoms with Gasteiger partial charge in [0.05, 0.1) is 4.92 Å². The number of nitrogens with zero attached hydrogens (tertiary/aromatic N) is 4. The smallest absolute Gasteiger partial charge is 0.269 e. The van der Waals surface area contributed by atoms with Gasteiger partial charge in [-0.1, -0.05) is 0 Å². The Balaban J connectivity index is 2.28. The molecule has 0 saturated heterocycles. The van der Waals surface area contributed by atoms with Crippen LogP contribution < -0.4 is 4.90 Å². The summed E-state index contributed by atoms with van der Waals surface area (Å²) in [6.45, 7) is 1.66. The first-order chi connectivity index (χ1) is 10.1. The third-order valence-electron chi connectivity index (χ3n) is 3.12. The standard InChI is InChI=1S/C15H18N4O2/c1-17(2)11-12-18(14-7-9-16-10-8-14)13-3-5-15(6-4-13)19(20)21/h3-10H,11-12H2,1-2H3. The van der Waals surface area contributed by atoms with Crippen molar-refractivity contribution in [3.63, 3.8) is 0 Å². The molecule has 2 aromatic rings. The second-order valence-corrected chi connectivity index (χ2v) is 4.93. The molecule has 1 aromatic carbocycles. The Hall–Kier alpha value is -2.47. The van der Waals surface area contributed by atoms with E-state index in [1.165, 1.54) is 12.1 Å². The van der Waals surface area contributed by atoms with Gasteiger partial charge in [0.2, 0.25) is 0 Å². The van der Waals surface area contributed by atoms with Gasteiger partial charge in [0, 0.05) is 49.0 Å². The second kappa shape index (κ2) is 6.81. The number of likely N-dealkylation sites (N-methyl/N-ethyl adjacent to an activating group) is 1. The van der Waals surface area contributed by atoms with Crippen LogP contribution in [0.3, 0.4) is 0 Å². The minimum absolute atomic E-state index is 0.0982. The first kappa shape index (κ1) is 14.9. The number of nitro benzene ring substituents is 1. The fourth-order valence-corrected chi connectivity index (χ4v) is 1.99. The molecule has 0 atom stereocenters. The van der Waals surface area contributed by atoms with E-state index in [9.17, 15) is 10.1 Å². The lowest BCUT2D eigenvalue weighted by atomic mass is 10.2. The summed E-state index contributed by atoms with van der Waals surface area (Å²) < 4.78 is 0. The minimum atomic E-state index is -0.389. The molecule has 0 aliphatic rings. The van der Waals surface area contributed by atoms with Gasteiger partial charge in [-0.3, -0.25) is 15.1 Å². The molecule has 0 fully saturated rings. The van der Waals surface area contributed by atoms with E-state index in [0.717, 1.165) is 24.5 Å². The molecule has 0 amide bonds. The molecule has 0 unspecified atom stereocenters. The molecule has 21 heavy (non-hydrogen) atoms. The van der Waals surface area contributed by atoms with Crippen molar-refractivity contribution >= 4 is 17.1 Å². The van der Waals surface area contributed by atoms with Crippen molar-refractivity contribution in [3.05, 3.63) is 58.9 Å². The van der Waals surface area contributed by atoms with E-state index < -0.39 is 0 Å². The predicted octanol–water partition coefficient (Wildman–Crippen LogP) is 2.69. The lowest BCUT2D eigenvalue weighted by Crippen LogP contribution is -2.28. The quantitative estimate of drug-likeness (QED) is 0.603. The zero-order chi connectivity index (χ0) is 15.2. The van der Waals surface area contributed by atoms with Gasteiger partial charge < -0.3 is 9.80 Å². The minimum Gasteiger partial charge on any atom is -0.340 e. The lowest BCUT2D eigenvalue weighted by molar-refractivity contribution is -0.384. The van der Waals surface area contributed by atoms with Crippen LogP contribution in [0.25, 0.3) is 0 Å². The monoisotopic (exact) mass is 286 g/mol. The molecule has 0 N–H and O–H groups in total. The van der Waals surface area contributed by atoms with Crippen LogP contribution >= 0.6 is 0 Å². The Morgan fingerprint density at radius 3 is 2.10 bits per heavy atom. The van der Waals surface area contributed by atoms with Crippen molar-refractivity contribution in [2.75, 3.05) is 32.1 Å². The highest BCUT2D eigenvalue weighted by molar-refractivity contribution is 5.63. The summed E-state index contributed by atoms with van der Waals surface area (Å²) in [6.07, 6.45) is 3.48. The average molecular weight is 286 g/mol. The number of hydrogen-bond donors (Lipinski definition) is 0. The van der Waals surface area contributed by atoms with Crippen LogP contribution in [0.15, 0.2) is 48.8 Å². The molecule has 6 nitrogen and oxygen atoms in total. The van der Waals surface area contributed by atoms with Crippen molar-refractivity contribution in [2.45, 2.75) is 0 Å². The van der Waals surface area contributed by atoms with Gasteiger partial charge in [-0.15, -0.1) is 0 Å². The first-order valence-electron chi connectivity index (χ1n) is 6.64. The van der Waals surface area contributed by atoms with Crippen LogP contribution in [0.5, 0.6) is 0 Å². The van der Waals surface area contributed by atoms with Gasteiger partial charge in [0.25, 0.3) is 5.69 Å². The highest BCUT2D eigenvalue weighted by Gasteiger charge is 2.11. The molecule has 0 saturated carbocycles. The van der Waals surface area contributed by atoms with E-state index in [1.54, 1.807) is 24.5 Å². The molecule has 2 rings (SSSR count). The largest absolute Gasteiger partial charge is 0.340 e. The Morgan fingerprint density at radius 1 is 1.00 bits per heavy atom. The summed E-state index contributed by atoms with van der Waals surface area (Å²) in [5, 5.41) is 10.7. The Morgan fingerprint density at radius 2 is 1.57 bits per heavy atom. The fourth-order valence-electron chi connectivity index (χ4n) is 1.99. The number of non-ortho nitro benzene ring substituents is 1. The third kappa shape index (κ3) is 4.00. The molecular weight excluding hydrogens is 268 g/mol. The summed E-state index contributed by atoms with van der Waals surface area (Å²) in [5.41, 5.74) is 2.04. The molecule has 0 aliphatic heterocycles. The van der Waals surface area contributed by atoms with Gasteiger partial charge in [0.15, 0.2) is 0 Å². The number of aromatic nitrogens is 1. The fraction of sp³-hybridized carbons (Fsp3) is 0.267. The normalized spacial score (nSPS) is 10.6. The van der Waals surface area contributed by atoms with Crippen molar-refractivity contribution in [3.8, 4) is 0 Å². The van der Waals surface area contributed by atoms with E-state index in [2.05, 4.69) is 14.8 Å². The number of nitro groups is 1. The summed E-state index contributed by atoms with van der Waals surface area (Å²) in [5.74, 6) is 0. The van der Waals surface area contributed by atoms with Crippen LogP contribution in [0.2, 0.25) is 0 Å². The maximum atomic E-state index is 10.7. The molecule has 0 bridgehead atoms. The van der Waals surface area contributed by atoms with Gasteiger partial charge in [-0.25, -0.2) is 0 Å². The van der Waals surface area contributed by atoms with Crippen LogP contribution in [0, 0.1) is 10.1 Å². The zero-order valence-corrected chi connectivity index (χ0v) is 12.1. The molecule has 0 radical (unpaired) electrons. The number of rotatable bonds is 6. The number of hydrogen-bond acceptors (Lipinski definition) is 5. The molecule has 0 spiro atoms. The van der Waals surface area contributed by atoms with Crippen LogP contribution in [-0.4, -0.2) is 42.0 Å². The van der Waals surface area contributed by atoms with Gasteiger partial charge >= 0.3 is 0 Å². The van der Waals surface area contributed by atoms with E-state index in [-0.39, 0.29) is 10.6 Å². The van der Waals surface area contributed by atoms with E-state index >= 15 is 0 Å². The maximum Gasteiger partial charge on any atom is 0.269 e. The van der Waals surface area contributed by atoms with Gasteiger partial charge in [0.1, 0.15) is 0 Å². The number of anilines is 2. The first-order valence-corrected chi connectivity index (χ1v) is 6.64. The third-order valence-corrected chi connectivity index (χ3v) is 3.12. The van der Waals surface area contributed by atoms with Crippen molar-refractivity contribution in [1.29, 1.82) is 0 Å². The summed E-state index contributed by atoms with van der Waals surface area (Å²) in [6, 6.07) is 10.5. The van der Waals surface area contributed by atoms with E-state index in [0.29, 0.717) is 0 Å². The number of pyridine rings is 1. The van der Waals surface area contributed by atoms with Crippen molar-refractivity contribution in [2.24, 2.45) is 0 Å². The highest BCUT2D eigenvalue weighted by atomic mass is 16.6. The SMILES string of the molecule is CN(C)CCN(c1ccncc1)c1ccc([N+](=O)[O-])cc1. The molecule has 1 aromatic heterocycles. The molecule has 1 heterocycles.